The summed E-state index contributed by atoms with van der Waals surface area (Å²) in [6.07, 6.45) is 0.832. The number of benzene rings is 2. The zero-order valence-corrected chi connectivity index (χ0v) is 11.9. The van der Waals surface area contributed by atoms with Crippen molar-refractivity contribution in [2.24, 2.45) is 5.73 Å². The highest BCUT2D eigenvalue weighted by atomic mass is 32.2. The fourth-order valence-electron chi connectivity index (χ4n) is 1.83. The molecule has 100 valence electrons. The molecule has 0 saturated carbocycles. The molecule has 2 rings (SSSR count). The van der Waals surface area contributed by atoms with Crippen LogP contribution in [0.1, 0.15) is 11.1 Å². The standard InChI is InChI=1S/C16H19NOS/c1-12-2-8-16(9-3-12)19-11-14(17)10-13-4-6-15(18)7-5-13/h2-9,14,18H,10-11,17H2,1H3. The van der Waals surface area contributed by atoms with Gasteiger partial charge in [0.2, 0.25) is 0 Å². The van der Waals surface area contributed by atoms with Gasteiger partial charge in [-0.2, -0.15) is 0 Å². The molecule has 0 amide bonds. The minimum atomic E-state index is 0.121. The molecule has 3 heteroatoms. The van der Waals surface area contributed by atoms with E-state index in [-0.39, 0.29) is 6.04 Å². The normalized spacial score (nSPS) is 12.3. The van der Waals surface area contributed by atoms with E-state index in [4.69, 9.17) is 5.73 Å². The highest BCUT2D eigenvalue weighted by molar-refractivity contribution is 7.99. The van der Waals surface area contributed by atoms with Crippen LogP contribution in [-0.2, 0) is 6.42 Å². The van der Waals surface area contributed by atoms with E-state index in [1.807, 2.05) is 12.1 Å². The van der Waals surface area contributed by atoms with Crippen molar-refractivity contribution >= 4 is 11.8 Å². The molecule has 0 aliphatic heterocycles. The molecule has 19 heavy (non-hydrogen) atoms. The van der Waals surface area contributed by atoms with Crippen molar-refractivity contribution in [3.05, 3.63) is 59.7 Å². The zero-order chi connectivity index (χ0) is 13.7. The molecule has 0 saturated heterocycles. The van der Waals surface area contributed by atoms with Crippen LogP contribution in [-0.4, -0.2) is 16.9 Å². The molecule has 2 aromatic rings. The molecule has 0 aliphatic carbocycles. The van der Waals surface area contributed by atoms with Crippen LogP contribution in [0.2, 0.25) is 0 Å². The Morgan fingerprint density at radius 2 is 1.68 bits per heavy atom. The Balaban J connectivity index is 1.82. The molecular formula is C16H19NOS. The van der Waals surface area contributed by atoms with Crippen LogP contribution in [0.25, 0.3) is 0 Å². The minimum Gasteiger partial charge on any atom is -0.508 e. The lowest BCUT2D eigenvalue weighted by Gasteiger charge is -2.11. The molecular weight excluding hydrogens is 254 g/mol. The van der Waals surface area contributed by atoms with Gasteiger partial charge in [0, 0.05) is 16.7 Å². The summed E-state index contributed by atoms with van der Waals surface area (Å²) in [7, 11) is 0. The van der Waals surface area contributed by atoms with E-state index in [2.05, 4.69) is 31.2 Å². The van der Waals surface area contributed by atoms with Crippen molar-refractivity contribution in [3.8, 4) is 5.75 Å². The Morgan fingerprint density at radius 1 is 1.05 bits per heavy atom. The van der Waals surface area contributed by atoms with Gasteiger partial charge in [-0.15, -0.1) is 11.8 Å². The molecule has 3 N–H and O–H groups in total. The summed E-state index contributed by atoms with van der Waals surface area (Å²) in [5.74, 6) is 1.19. The van der Waals surface area contributed by atoms with E-state index >= 15 is 0 Å². The van der Waals surface area contributed by atoms with Crippen LogP contribution in [0, 0.1) is 6.92 Å². The van der Waals surface area contributed by atoms with Gasteiger partial charge in [-0.25, -0.2) is 0 Å². The number of hydrogen-bond donors (Lipinski definition) is 2. The SMILES string of the molecule is Cc1ccc(SCC(N)Cc2ccc(O)cc2)cc1. The third-order valence-corrected chi connectivity index (χ3v) is 4.12. The molecule has 0 radical (unpaired) electrons. The molecule has 0 heterocycles. The van der Waals surface area contributed by atoms with Gasteiger partial charge >= 0.3 is 0 Å². The number of phenols is 1. The van der Waals surface area contributed by atoms with Crippen molar-refractivity contribution in [3.63, 3.8) is 0 Å². The van der Waals surface area contributed by atoms with Gasteiger partial charge in [-0.05, 0) is 43.2 Å². The van der Waals surface area contributed by atoms with Crippen LogP contribution in [0.5, 0.6) is 5.75 Å². The van der Waals surface area contributed by atoms with Gasteiger partial charge in [-0.1, -0.05) is 29.8 Å². The fraction of sp³-hybridized carbons (Fsp3) is 0.250. The second-order valence-electron chi connectivity index (χ2n) is 4.75. The first-order chi connectivity index (χ1) is 9.13. The van der Waals surface area contributed by atoms with E-state index in [0.29, 0.717) is 5.75 Å². The summed E-state index contributed by atoms with van der Waals surface area (Å²) < 4.78 is 0. The Bertz CT molecular complexity index is 507. The Labute approximate surface area is 118 Å². The van der Waals surface area contributed by atoms with Gasteiger partial charge < -0.3 is 10.8 Å². The maximum Gasteiger partial charge on any atom is 0.115 e. The first-order valence-corrected chi connectivity index (χ1v) is 7.35. The average molecular weight is 273 g/mol. The highest BCUT2D eigenvalue weighted by Gasteiger charge is 2.05. The maximum atomic E-state index is 9.23. The van der Waals surface area contributed by atoms with Crippen molar-refractivity contribution in [2.75, 3.05) is 5.75 Å². The molecule has 0 bridgehead atoms. The summed E-state index contributed by atoms with van der Waals surface area (Å²) in [5.41, 5.74) is 8.58. The van der Waals surface area contributed by atoms with Crippen molar-refractivity contribution in [1.29, 1.82) is 0 Å². The molecule has 2 aromatic carbocycles. The third-order valence-electron chi connectivity index (χ3n) is 2.92. The lowest BCUT2D eigenvalue weighted by molar-refractivity contribution is 0.475. The molecule has 1 unspecified atom stereocenters. The summed E-state index contributed by atoms with van der Waals surface area (Å²) >= 11 is 1.79. The van der Waals surface area contributed by atoms with Crippen LogP contribution in [0.4, 0.5) is 0 Å². The van der Waals surface area contributed by atoms with E-state index in [1.165, 1.54) is 10.5 Å². The van der Waals surface area contributed by atoms with Crippen LogP contribution in [0.15, 0.2) is 53.4 Å². The van der Waals surface area contributed by atoms with Gasteiger partial charge in [0.25, 0.3) is 0 Å². The van der Waals surface area contributed by atoms with E-state index in [9.17, 15) is 5.11 Å². The van der Waals surface area contributed by atoms with Crippen molar-refractivity contribution in [1.82, 2.24) is 0 Å². The zero-order valence-electron chi connectivity index (χ0n) is 11.0. The molecule has 1 atom stereocenters. The monoisotopic (exact) mass is 273 g/mol. The summed E-state index contributed by atoms with van der Waals surface area (Å²) in [5, 5.41) is 9.23. The molecule has 0 spiro atoms. The molecule has 0 fully saturated rings. The number of phenolic OH excluding ortho intramolecular Hbond substituents is 1. The van der Waals surface area contributed by atoms with Gasteiger partial charge in [-0.3, -0.25) is 0 Å². The van der Waals surface area contributed by atoms with Crippen LogP contribution in [0.3, 0.4) is 0 Å². The lowest BCUT2D eigenvalue weighted by Crippen LogP contribution is -2.25. The third kappa shape index (κ3) is 4.62. The number of rotatable bonds is 5. The Kier molecular flexibility index (Phi) is 4.88. The minimum absolute atomic E-state index is 0.121. The Hall–Kier alpha value is -1.45. The number of aromatic hydroxyl groups is 1. The molecule has 2 nitrogen and oxygen atoms in total. The largest absolute Gasteiger partial charge is 0.508 e. The summed E-state index contributed by atoms with van der Waals surface area (Å²) in [4.78, 5) is 1.26. The summed E-state index contributed by atoms with van der Waals surface area (Å²) in [6.45, 7) is 2.09. The van der Waals surface area contributed by atoms with E-state index in [1.54, 1.807) is 23.9 Å². The quantitative estimate of drug-likeness (QED) is 0.821. The molecule has 0 aliphatic rings. The summed E-state index contributed by atoms with van der Waals surface area (Å²) in [6, 6.07) is 15.9. The van der Waals surface area contributed by atoms with E-state index < -0.39 is 0 Å². The smallest absolute Gasteiger partial charge is 0.115 e. The second-order valence-corrected chi connectivity index (χ2v) is 5.85. The number of nitrogens with two attached hydrogens (primary N) is 1. The maximum absolute atomic E-state index is 9.23. The number of hydrogen-bond acceptors (Lipinski definition) is 3. The highest BCUT2D eigenvalue weighted by Crippen LogP contribution is 2.20. The predicted molar refractivity (Wildman–Crippen MR) is 81.7 cm³/mol. The van der Waals surface area contributed by atoms with Gasteiger partial charge in [0.05, 0.1) is 0 Å². The Morgan fingerprint density at radius 3 is 2.32 bits per heavy atom. The number of thioether (sulfide) groups is 1. The first-order valence-electron chi connectivity index (χ1n) is 6.36. The molecule has 0 aromatic heterocycles. The van der Waals surface area contributed by atoms with Crippen LogP contribution >= 0.6 is 11.8 Å². The van der Waals surface area contributed by atoms with Crippen molar-refractivity contribution < 1.29 is 5.11 Å². The predicted octanol–water partition coefficient (Wildman–Crippen LogP) is 3.36. The first kappa shape index (κ1) is 14.0. The van der Waals surface area contributed by atoms with E-state index in [0.717, 1.165) is 17.7 Å². The van der Waals surface area contributed by atoms with Crippen LogP contribution < -0.4 is 5.73 Å². The lowest BCUT2D eigenvalue weighted by atomic mass is 10.1. The van der Waals surface area contributed by atoms with Crippen molar-refractivity contribution in [2.45, 2.75) is 24.3 Å². The van der Waals surface area contributed by atoms with Gasteiger partial charge in [0.1, 0.15) is 5.75 Å². The topological polar surface area (TPSA) is 46.2 Å². The number of aryl methyl sites for hydroxylation is 1. The van der Waals surface area contributed by atoms with Gasteiger partial charge in [0.15, 0.2) is 0 Å². The average Bonchev–Trinajstić information content (AvgIpc) is 2.41. The second kappa shape index (κ2) is 6.64. The fourth-order valence-corrected chi connectivity index (χ4v) is 2.68.